The minimum absolute atomic E-state index is 0.198. The van der Waals surface area contributed by atoms with E-state index in [2.05, 4.69) is 5.32 Å². The highest BCUT2D eigenvalue weighted by molar-refractivity contribution is 6.32. The van der Waals surface area contributed by atoms with Crippen molar-refractivity contribution < 1.29 is 13.9 Å². The van der Waals surface area contributed by atoms with Crippen molar-refractivity contribution in [2.45, 2.75) is 13.5 Å². The molecular formula is C19H16ClNO3. The molecule has 0 saturated carbocycles. The van der Waals surface area contributed by atoms with Crippen LogP contribution in [0.15, 0.2) is 65.1 Å². The second-order valence-electron chi connectivity index (χ2n) is 5.26. The molecule has 3 aromatic rings. The van der Waals surface area contributed by atoms with Crippen LogP contribution >= 0.6 is 11.6 Å². The van der Waals surface area contributed by atoms with Gasteiger partial charge in [0.05, 0.1) is 5.02 Å². The lowest BCUT2D eigenvalue weighted by Gasteiger charge is -2.09. The normalized spacial score (nSPS) is 10.4. The van der Waals surface area contributed by atoms with Crippen LogP contribution in [0.3, 0.4) is 0 Å². The summed E-state index contributed by atoms with van der Waals surface area (Å²) in [6, 6.07) is 18.1. The summed E-state index contributed by atoms with van der Waals surface area (Å²) in [6.07, 6.45) is 0. The van der Waals surface area contributed by atoms with Gasteiger partial charge in [-0.25, -0.2) is 0 Å². The number of para-hydroxylation sites is 2. The first-order valence-electron chi connectivity index (χ1n) is 7.46. The number of hydrogen-bond acceptors (Lipinski definition) is 3. The Morgan fingerprint density at radius 2 is 1.88 bits per heavy atom. The molecule has 0 spiro atoms. The number of carbonyl (C=O) groups is 1. The van der Waals surface area contributed by atoms with E-state index in [1.807, 2.05) is 49.4 Å². The van der Waals surface area contributed by atoms with E-state index in [1.54, 1.807) is 18.2 Å². The minimum atomic E-state index is -0.304. The summed E-state index contributed by atoms with van der Waals surface area (Å²) in [7, 11) is 0. The van der Waals surface area contributed by atoms with Crippen LogP contribution in [-0.2, 0) is 6.61 Å². The molecule has 2 aromatic carbocycles. The molecule has 0 bridgehead atoms. The van der Waals surface area contributed by atoms with Gasteiger partial charge in [-0.3, -0.25) is 4.79 Å². The Morgan fingerprint density at radius 3 is 2.62 bits per heavy atom. The highest BCUT2D eigenvalue weighted by Crippen LogP contribution is 2.28. The summed E-state index contributed by atoms with van der Waals surface area (Å²) < 4.78 is 11.2. The number of amides is 1. The molecule has 0 saturated heterocycles. The number of anilines is 1. The maximum Gasteiger partial charge on any atom is 0.291 e. The van der Waals surface area contributed by atoms with E-state index >= 15 is 0 Å². The smallest absolute Gasteiger partial charge is 0.291 e. The molecule has 1 heterocycles. The van der Waals surface area contributed by atoms with E-state index in [1.165, 1.54) is 0 Å². The summed E-state index contributed by atoms with van der Waals surface area (Å²) in [5.41, 5.74) is 1.65. The van der Waals surface area contributed by atoms with Crippen molar-refractivity contribution in [3.8, 4) is 5.75 Å². The van der Waals surface area contributed by atoms with Gasteiger partial charge in [0.15, 0.2) is 5.76 Å². The Balaban J connectivity index is 1.64. The quantitative estimate of drug-likeness (QED) is 0.704. The van der Waals surface area contributed by atoms with Gasteiger partial charge in [-0.05, 0) is 42.8 Å². The number of benzene rings is 2. The molecule has 3 rings (SSSR count). The van der Waals surface area contributed by atoms with Crippen molar-refractivity contribution in [3.05, 3.63) is 82.8 Å². The third kappa shape index (κ3) is 3.78. The van der Waals surface area contributed by atoms with Gasteiger partial charge in [0.1, 0.15) is 18.1 Å². The van der Waals surface area contributed by atoms with Crippen molar-refractivity contribution in [3.63, 3.8) is 0 Å². The molecule has 24 heavy (non-hydrogen) atoms. The topological polar surface area (TPSA) is 51.5 Å². The summed E-state index contributed by atoms with van der Waals surface area (Å²) in [6.45, 7) is 2.12. The number of ether oxygens (including phenoxy) is 1. The molecule has 1 amide bonds. The first-order chi connectivity index (χ1) is 11.6. The van der Waals surface area contributed by atoms with Gasteiger partial charge < -0.3 is 14.5 Å². The van der Waals surface area contributed by atoms with Crippen LogP contribution in [0.5, 0.6) is 5.75 Å². The van der Waals surface area contributed by atoms with E-state index in [9.17, 15) is 4.79 Å². The van der Waals surface area contributed by atoms with Crippen LogP contribution in [0.4, 0.5) is 5.69 Å². The molecule has 1 aromatic heterocycles. The Kier molecular flexibility index (Phi) is 4.87. The lowest BCUT2D eigenvalue weighted by molar-refractivity contribution is 0.0992. The maximum absolute atomic E-state index is 12.1. The van der Waals surface area contributed by atoms with Gasteiger partial charge in [-0.2, -0.15) is 0 Å². The lowest BCUT2D eigenvalue weighted by Crippen LogP contribution is -2.10. The van der Waals surface area contributed by atoms with E-state index in [-0.39, 0.29) is 18.3 Å². The molecule has 0 aliphatic heterocycles. The average Bonchev–Trinajstić information content (AvgIpc) is 3.04. The number of furan rings is 1. The van der Waals surface area contributed by atoms with Crippen molar-refractivity contribution >= 4 is 23.2 Å². The first kappa shape index (κ1) is 16.1. The molecule has 0 radical (unpaired) electrons. The van der Waals surface area contributed by atoms with Crippen LogP contribution in [0.25, 0.3) is 0 Å². The fraction of sp³-hybridized carbons (Fsp3) is 0.105. The maximum atomic E-state index is 12.1. The lowest BCUT2D eigenvalue weighted by atomic mass is 10.2. The second kappa shape index (κ2) is 7.23. The zero-order valence-corrected chi connectivity index (χ0v) is 13.8. The highest BCUT2D eigenvalue weighted by Gasteiger charge is 2.12. The van der Waals surface area contributed by atoms with Crippen molar-refractivity contribution in [2.75, 3.05) is 5.32 Å². The predicted octanol–water partition coefficient (Wildman–Crippen LogP) is 5.07. The summed E-state index contributed by atoms with van der Waals surface area (Å²) in [5.74, 6) is 1.09. The van der Waals surface area contributed by atoms with Gasteiger partial charge in [0.25, 0.3) is 5.91 Å². The summed E-state index contributed by atoms with van der Waals surface area (Å²) in [5, 5.41) is 3.31. The third-order valence-electron chi connectivity index (χ3n) is 3.44. The van der Waals surface area contributed by atoms with Gasteiger partial charge in [0, 0.05) is 5.69 Å². The van der Waals surface area contributed by atoms with Crippen LogP contribution in [0.1, 0.15) is 21.9 Å². The van der Waals surface area contributed by atoms with Crippen LogP contribution < -0.4 is 10.1 Å². The Hall–Kier alpha value is -2.72. The number of nitrogens with one attached hydrogen (secondary N) is 1. The number of aryl methyl sites for hydroxylation is 1. The van der Waals surface area contributed by atoms with E-state index in [0.29, 0.717) is 22.2 Å². The number of hydrogen-bond donors (Lipinski definition) is 1. The SMILES string of the molecule is Cc1cccc(Cl)c1OCc1ccc(C(=O)Nc2ccccc2)o1. The Morgan fingerprint density at radius 1 is 1.08 bits per heavy atom. The third-order valence-corrected chi connectivity index (χ3v) is 3.74. The monoisotopic (exact) mass is 341 g/mol. The number of halogens is 1. The molecule has 122 valence electrons. The molecule has 0 fully saturated rings. The van der Waals surface area contributed by atoms with Crippen molar-refractivity contribution in [2.24, 2.45) is 0 Å². The zero-order chi connectivity index (χ0) is 16.9. The van der Waals surface area contributed by atoms with E-state index in [4.69, 9.17) is 20.8 Å². The molecule has 4 nitrogen and oxygen atoms in total. The Bertz CT molecular complexity index is 823. The fourth-order valence-corrected chi connectivity index (χ4v) is 2.51. The zero-order valence-electron chi connectivity index (χ0n) is 13.1. The summed E-state index contributed by atoms with van der Waals surface area (Å²) >= 11 is 6.12. The number of carbonyl (C=O) groups excluding carboxylic acids is 1. The first-order valence-corrected chi connectivity index (χ1v) is 7.84. The molecule has 0 unspecified atom stereocenters. The number of rotatable bonds is 5. The van der Waals surface area contributed by atoms with Crippen molar-refractivity contribution in [1.29, 1.82) is 0 Å². The average molecular weight is 342 g/mol. The standard InChI is InChI=1S/C19H16ClNO3/c1-13-6-5-9-16(20)18(13)23-12-15-10-11-17(24-15)19(22)21-14-7-3-2-4-8-14/h2-11H,12H2,1H3,(H,21,22). The summed E-state index contributed by atoms with van der Waals surface area (Å²) in [4.78, 5) is 12.1. The molecule has 0 aliphatic rings. The fourth-order valence-electron chi connectivity index (χ4n) is 2.23. The van der Waals surface area contributed by atoms with Gasteiger partial charge in [0.2, 0.25) is 0 Å². The molecule has 1 N–H and O–H groups in total. The van der Waals surface area contributed by atoms with Crippen molar-refractivity contribution in [1.82, 2.24) is 0 Å². The molecule has 0 aliphatic carbocycles. The van der Waals surface area contributed by atoms with Crippen LogP contribution in [0, 0.1) is 6.92 Å². The Labute approximate surface area is 145 Å². The molecule has 5 heteroatoms. The van der Waals surface area contributed by atoms with Gasteiger partial charge >= 0.3 is 0 Å². The van der Waals surface area contributed by atoms with Gasteiger partial charge in [-0.1, -0.05) is 41.9 Å². The highest BCUT2D eigenvalue weighted by atomic mass is 35.5. The van der Waals surface area contributed by atoms with E-state index < -0.39 is 0 Å². The predicted molar refractivity (Wildman–Crippen MR) is 93.6 cm³/mol. The largest absolute Gasteiger partial charge is 0.484 e. The minimum Gasteiger partial charge on any atom is -0.484 e. The second-order valence-corrected chi connectivity index (χ2v) is 5.67. The molecule has 0 atom stereocenters. The van der Waals surface area contributed by atoms with E-state index in [0.717, 1.165) is 5.56 Å². The molecular weight excluding hydrogens is 326 g/mol. The van der Waals surface area contributed by atoms with Crippen LogP contribution in [0.2, 0.25) is 5.02 Å². The van der Waals surface area contributed by atoms with Crippen LogP contribution in [-0.4, -0.2) is 5.91 Å². The van der Waals surface area contributed by atoms with Gasteiger partial charge in [-0.15, -0.1) is 0 Å².